The van der Waals surface area contributed by atoms with E-state index < -0.39 is 6.04 Å². The van der Waals surface area contributed by atoms with Crippen molar-refractivity contribution in [2.24, 2.45) is 5.92 Å². The molecule has 3 aromatic carbocycles. The molecule has 3 rings (SSSR count). The second-order valence-corrected chi connectivity index (χ2v) is 7.99. The molecule has 0 radical (unpaired) electrons. The Hall–Kier alpha value is -3.60. The van der Waals surface area contributed by atoms with Gasteiger partial charge < -0.3 is 15.0 Å². The highest BCUT2D eigenvalue weighted by atomic mass is 16.5. The molecule has 32 heavy (non-hydrogen) atoms. The molecular formula is C27H30N2O3. The molecule has 0 fully saturated rings. The van der Waals surface area contributed by atoms with Crippen molar-refractivity contribution in [2.45, 2.75) is 33.0 Å². The lowest BCUT2D eigenvalue weighted by molar-refractivity contribution is -0.144. The van der Waals surface area contributed by atoms with Gasteiger partial charge >= 0.3 is 0 Å². The van der Waals surface area contributed by atoms with Crippen LogP contribution in [-0.2, 0) is 22.7 Å². The van der Waals surface area contributed by atoms with E-state index in [1.165, 1.54) is 0 Å². The van der Waals surface area contributed by atoms with Crippen molar-refractivity contribution < 1.29 is 14.3 Å². The number of nitrogens with one attached hydrogen (secondary N) is 1. The van der Waals surface area contributed by atoms with Gasteiger partial charge in [-0.1, -0.05) is 86.6 Å². The molecule has 1 atom stereocenters. The quantitative estimate of drug-likeness (QED) is 0.534. The first-order valence-electron chi connectivity index (χ1n) is 10.8. The van der Waals surface area contributed by atoms with E-state index in [0.717, 1.165) is 22.4 Å². The van der Waals surface area contributed by atoms with Crippen LogP contribution < -0.4 is 10.1 Å². The van der Waals surface area contributed by atoms with E-state index in [1.807, 2.05) is 98.8 Å². The number of benzene rings is 3. The summed E-state index contributed by atoms with van der Waals surface area (Å²) in [5.74, 6) is 0.248. The van der Waals surface area contributed by atoms with Crippen molar-refractivity contribution in [3.63, 3.8) is 0 Å². The van der Waals surface area contributed by atoms with Gasteiger partial charge in [-0.3, -0.25) is 9.59 Å². The third-order valence-electron chi connectivity index (χ3n) is 5.27. The summed E-state index contributed by atoms with van der Waals surface area (Å²) < 4.78 is 5.20. The number of hydrogen-bond donors (Lipinski definition) is 1. The lowest BCUT2D eigenvalue weighted by Crippen LogP contribution is -2.44. The minimum absolute atomic E-state index is 0.0673. The van der Waals surface area contributed by atoms with Gasteiger partial charge in [-0.05, 0) is 28.8 Å². The molecule has 3 aromatic rings. The molecule has 0 heterocycles. The molecular weight excluding hydrogens is 400 g/mol. The number of ether oxygens (including phenoxy) is 1. The molecule has 0 aromatic heterocycles. The van der Waals surface area contributed by atoms with Gasteiger partial charge in [0.25, 0.3) is 0 Å². The second-order valence-electron chi connectivity index (χ2n) is 7.99. The minimum Gasteiger partial charge on any atom is -0.497 e. The molecule has 5 nitrogen and oxygen atoms in total. The van der Waals surface area contributed by atoms with Crippen molar-refractivity contribution in [3.8, 4) is 5.75 Å². The largest absolute Gasteiger partial charge is 0.497 e. The topological polar surface area (TPSA) is 58.6 Å². The van der Waals surface area contributed by atoms with Crippen LogP contribution in [0.4, 0.5) is 0 Å². The maximum absolute atomic E-state index is 13.5. The summed E-state index contributed by atoms with van der Waals surface area (Å²) >= 11 is 0. The van der Waals surface area contributed by atoms with Crippen LogP contribution in [0.5, 0.6) is 5.75 Å². The number of amides is 2. The average molecular weight is 431 g/mol. The molecule has 0 bridgehead atoms. The lowest BCUT2D eigenvalue weighted by Gasteiger charge is -2.33. The highest BCUT2D eigenvalue weighted by Gasteiger charge is 2.32. The molecule has 0 aliphatic carbocycles. The van der Waals surface area contributed by atoms with Crippen molar-refractivity contribution in [3.05, 3.63) is 102 Å². The molecule has 0 aliphatic rings. The number of carbonyl (C=O) groups is 2. The Labute approximate surface area is 190 Å². The monoisotopic (exact) mass is 430 g/mol. The number of hydrogen-bond acceptors (Lipinski definition) is 3. The van der Waals surface area contributed by atoms with Gasteiger partial charge in [0, 0.05) is 19.0 Å². The Bertz CT molecular complexity index is 1000. The van der Waals surface area contributed by atoms with E-state index in [9.17, 15) is 9.59 Å². The molecule has 166 valence electrons. The predicted octanol–water partition coefficient (Wildman–Crippen LogP) is 4.74. The van der Waals surface area contributed by atoms with E-state index in [4.69, 9.17) is 4.74 Å². The highest BCUT2D eigenvalue weighted by Crippen LogP contribution is 2.26. The van der Waals surface area contributed by atoms with Crippen LogP contribution >= 0.6 is 0 Å². The lowest BCUT2D eigenvalue weighted by atomic mass is 10.0. The summed E-state index contributed by atoms with van der Waals surface area (Å²) in [4.78, 5) is 28.4. The molecule has 0 saturated carbocycles. The number of rotatable bonds is 9. The summed E-state index contributed by atoms with van der Waals surface area (Å²) in [5.41, 5.74) is 2.71. The summed E-state index contributed by atoms with van der Waals surface area (Å²) in [7, 11) is 1.62. The zero-order valence-corrected chi connectivity index (χ0v) is 18.8. The van der Waals surface area contributed by atoms with Crippen molar-refractivity contribution >= 4 is 11.8 Å². The zero-order valence-electron chi connectivity index (χ0n) is 18.8. The first-order valence-corrected chi connectivity index (χ1v) is 10.8. The van der Waals surface area contributed by atoms with Crippen LogP contribution in [0, 0.1) is 5.92 Å². The van der Waals surface area contributed by atoms with E-state index in [1.54, 1.807) is 12.0 Å². The maximum Gasteiger partial charge on any atom is 0.247 e. The van der Waals surface area contributed by atoms with E-state index in [0.29, 0.717) is 13.1 Å². The maximum atomic E-state index is 13.5. The highest BCUT2D eigenvalue weighted by molar-refractivity contribution is 5.89. The van der Waals surface area contributed by atoms with Gasteiger partial charge in [0.1, 0.15) is 11.8 Å². The number of nitrogens with zero attached hydrogens (tertiary/aromatic N) is 1. The SMILES string of the molecule is COc1ccc(CNC(=O)[C@H](c2ccccc2)N(Cc2ccccc2)C(=O)C(C)C)cc1. The van der Waals surface area contributed by atoms with Crippen LogP contribution in [0.3, 0.4) is 0 Å². The van der Waals surface area contributed by atoms with E-state index >= 15 is 0 Å². The van der Waals surface area contributed by atoms with Gasteiger partial charge in [0.2, 0.25) is 11.8 Å². The Balaban J connectivity index is 1.89. The fourth-order valence-corrected chi connectivity index (χ4v) is 3.55. The van der Waals surface area contributed by atoms with E-state index in [2.05, 4.69) is 5.32 Å². The molecule has 2 amide bonds. The van der Waals surface area contributed by atoms with Crippen molar-refractivity contribution in [2.75, 3.05) is 7.11 Å². The Morgan fingerprint density at radius 2 is 1.44 bits per heavy atom. The molecule has 0 unspecified atom stereocenters. The summed E-state index contributed by atoms with van der Waals surface area (Å²) in [6.07, 6.45) is 0. The predicted molar refractivity (Wildman–Crippen MR) is 126 cm³/mol. The van der Waals surface area contributed by atoms with Gasteiger partial charge in [0.15, 0.2) is 0 Å². The Morgan fingerprint density at radius 3 is 2.00 bits per heavy atom. The molecule has 0 spiro atoms. The number of methoxy groups -OCH3 is 1. The van der Waals surface area contributed by atoms with Gasteiger partial charge in [-0.2, -0.15) is 0 Å². The van der Waals surface area contributed by atoms with Gasteiger partial charge in [0.05, 0.1) is 7.11 Å². The van der Waals surface area contributed by atoms with Crippen LogP contribution in [0.2, 0.25) is 0 Å². The Kier molecular flexibility index (Phi) is 8.03. The third kappa shape index (κ3) is 5.97. The van der Waals surface area contributed by atoms with Gasteiger partial charge in [-0.25, -0.2) is 0 Å². The minimum atomic E-state index is -0.732. The second kappa shape index (κ2) is 11.1. The van der Waals surface area contributed by atoms with Crippen LogP contribution in [0.1, 0.15) is 36.6 Å². The summed E-state index contributed by atoms with van der Waals surface area (Å²) in [6, 6.07) is 26.0. The summed E-state index contributed by atoms with van der Waals surface area (Å²) in [6.45, 7) is 4.43. The van der Waals surface area contributed by atoms with Crippen molar-refractivity contribution in [1.82, 2.24) is 10.2 Å². The molecule has 0 saturated heterocycles. The van der Waals surface area contributed by atoms with Crippen molar-refractivity contribution in [1.29, 1.82) is 0 Å². The molecule has 0 aliphatic heterocycles. The fraction of sp³-hybridized carbons (Fsp3) is 0.259. The van der Waals surface area contributed by atoms with E-state index in [-0.39, 0.29) is 17.7 Å². The fourth-order valence-electron chi connectivity index (χ4n) is 3.55. The number of carbonyl (C=O) groups excluding carboxylic acids is 2. The first kappa shape index (κ1) is 23.1. The normalized spacial score (nSPS) is 11.6. The smallest absolute Gasteiger partial charge is 0.247 e. The van der Waals surface area contributed by atoms with Gasteiger partial charge in [-0.15, -0.1) is 0 Å². The van der Waals surface area contributed by atoms with Crippen LogP contribution in [0.25, 0.3) is 0 Å². The third-order valence-corrected chi connectivity index (χ3v) is 5.27. The standard InChI is InChI=1S/C27H30N2O3/c1-20(2)27(31)29(19-22-10-6-4-7-11-22)25(23-12-8-5-9-13-23)26(30)28-18-21-14-16-24(32-3)17-15-21/h4-17,20,25H,18-19H2,1-3H3,(H,28,30)/t25-/m0/s1. The zero-order chi connectivity index (χ0) is 22.9. The van der Waals surface area contributed by atoms with Crippen LogP contribution in [-0.4, -0.2) is 23.8 Å². The average Bonchev–Trinajstić information content (AvgIpc) is 2.83. The molecule has 1 N–H and O–H groups in total. The first-order chi connectivity index (χ1) is 15.5. The van der Waals surface area contributed by atoms with Crippen LogP contribution in [0.15, 0.2) is 84.9 Å². The summed E-state index contributed by atoms with van der Waals surface area (Å²) in [5, 5.41) is 3.02. The Morgan fingerprint density at radius 1 is 0.844 bits per heavy atom. The molecule has 5 heteroatoms.